The molecule has 0 aromatic carbocycles. The number of hydrogen-bond donors (Lipinski definition) is 1. The molecule has 94 valence electrons. The molecule has 16 heavy (non-hydrogen) atoms. The number of carbonyl (C=O) groups is 1. The molecule has 0 rings (SSSR count). The molecule has 1 amide bonds. The summed E-state index contributed by atoms with van der Waals surface area (Å²) in [6, 6.07) is 0. The van der Waals surface area contributed by atoms with E-state index >= 15 is 0 Å². The first-order chi connectivity index (χ1) is 6.99. The predicted octanol–water partition coefficient (Wildman–Crippen LogP) is 2.13. The second-order valence-electron chi connectivity index (χ2n) is 3.95. The van der Waals surface area contributed by atoms with E-state index in [1.54, 1.807) is 24.0 Å². The Morgan fingerprint density at radius 3 is 2.12 bits per heavy atom. The first kappa shape index (κ1) is 17.6. The third kappa shape index (κ3) is 5.33. The largest absolute Gasteiger partial charge is 0.334 e. The van der Waals surface area contributed by atoms with Crippen LogP contribution >= 0.6 is 12.4 Å². The molecule has 0 aliphatic carbocycles. The van der Waals surface area contributed by atoms with Crippen LogP contribution in [0.4, 0.5) is 0 Å². The molecule has 0 aliphatic rings. The van der Waals surface area contributed by atoms with Crippen molar-refractivity contribution in [2.75, 3.05) is 13.1 Å². The first-order valence-corrected chi connectivity index (χ1v) is 5.29. The average Bonchev–Trinajstić information content (AvgIpc) is 2.16. The molecule has 0 heterocycles. The molecule has 0 aromatic heterocycles. The summed E-state index contributed by atoms with van der Waals surface area (Å²) < 4.78 is 0. The number of nitrogens with zero attached hydrogens (tertiary/aromatic N) is 1. The fourth-order valence-corrected chi connectivity index (χ4v) is 1.54. The Bertz CT molecular complexity index is 229. The number of rotatable bonds is 7. The van der Waals surface area contributed by atoms with Gasteiger partial charge in [0.2, 0.25) is 5.91 Å². The van der Waals surface area contributed by atoms with Gasteiger partial charge in [0.05, 0.1) is 5.54 Å². The number of halogens is 1. The van der Waals surface area contributed by atoms with Gasteiger partial charge in [-0.2, -0.15) is 0 Å². The van der Waals surface area contributed by atoms with E-state index < -0.39 is 5.54 Å². The minimum Gasteiger partial charge on any atom is -0.334 e. The maximum absolute atomic E-state index is 12.0. The molecule has 0 saturated carbocycles. The SMILES string of the molecule is C=CCN(CC=C)C(=O)C(C)(N)CCC.Cl. The molecule has 1 atom stereocenters. The van der Waals surface area contributed by atoms with Gasteiger partial charge in [0.25, 0.3) is 0 Å². The van der Waals surface area contributed by atoms with Crippen molar-refractivity contribution in [2.45, 2.75) is 32.2 Å². The highest BCUT2D eigenvalue weighted by Crippen LogP contribution is 2.12. The van der Waals surface area contributed by atoms with Crippen LogP contribution in [0, 0.1) is 0 Å². The summed E-state index contributed by atoms with van der Waals surface area (Å²) in [7, 11) is 0. The van der Waals surface area contributed by atoms with E-state index in [0.29, 0.717) is 19.5 Å². The van der Waals surface area contributed by atoms with Crippen molar-refractivity contribution >= 4 is 18.3 Å². The first-order valence-electron chi connectivity index (χ1n) is 5.29. The van der Waals surface area contributed by atoms with Crippen LogP contribution in [0.2, 0.25) is 0 Å². The standard InChI is InChI=1S/C12H22N2O.ClH/c1-5-8-12(4,13)11(15)14(9-6-2)10-7-3;/h6-7H,2-3,5,8-10,13H2,1,4H3;1H. The third-order valence-electron chi connectivity index (χ3n) is 2.24. The minimum absolute atomic E-state index is 0. The maximum atomic E-state index is 12.0. The number of hydrogen-bond acceptors (Lipinski definition) is 2. The Morgan fingerprint density at radius 1 is 1.38 bits per heavy atom. The fourth-order valence-electron chi connectivity index (χ4n) is 1.54. The molecule has 0 spiro atoms. The fraction of sp³-hybridized carbons (Fsp3) is 0.583. The van der Waals surface area contributed by atoms with Crippen molar-refractivity contribution in [3.63, 3.8) is 0 Å². The summed E-state index contributed by atoms with van der Waals surface area (Å²) in [4.78, 5) is 13.7. The molecule has 0 fully saturated rings. The van der Waals surface area contributed by atoms with E-state index in [9.17, 15) is 4.79 Å². The summed E-state index contributed by atoms with van der Waals surface area (Å²) in [6.45, 7) is 12.1. The van der Waals surface area contributed by atoms with Gasteiger partial charge in [-0.3, -0.25) is 4.79 Å². The Labute approximate surface area is 105 Å². The zero-order valence-corrected chi connectivity index (χ0v) is 11.1. The lowest BCUT2D eigenvalue weighted by Gasteiger charge is -2.30. The van der Waals surface area contributed by atoms with Crippen LogP contribution in [-0.4, -0.2) is 29.4 Å². The minimum atomic E-state index is -0.777. The average molecular weight is 247 g/mol. The van der Waals surface area contributed by atoms with E-state index in [1.807, 2.05) is 6.92 Å². The zero-order valence-electron chi connectivity index (χ0n) is 10.2. The van der Waals surface area contributed by atoms with E-state index in [0.717, 1.165) is 6.42 Å². The van der Waals surface area contributed by atoms with Crippen LogP contribution in [0.25, 0.3) is 0 Å². The molecule has 4 heteroatoms. The molecule has 0 aliphatic heterocycles. The molecule has 0 saturated heterocycles. The number of nitrogens with two attached hydrogens (primary N) is 1. The molecular formula is C12H23ClN2O. The lowest BCUT2D eigenvalue weighted by molar-refractivity contribution is -0.135. The molecule has 0 radical (unpaired) electrons. The lowest BCUT2D eigenvalue weighted by Crippen LogP contribution is -2.53. The van der Waals surface area contributed by atoms with Crippen LogP contribution < -0.4 is 5.73 Å². The van der Waals surface area contributed by atoms with Crippen molar-refractivity contribution in [3.8, 4) is 0 Å². The number of amides is 1. The van der Waals surface area contributed by atoms with Gasteiger partial charge in [0, 0.05) is 13.1 Å². The summed E-state index contributed by atoms with van der Waals surface area (Å²) in [6.07, 6.45) is 4.98. The summed E-state index contributed by atoms with van der Waals surface area (Å²) >= 11 is 0. The van der Waals surface area contributed by atoms with Gasteiger partial charge in [-0.25, -0.2) is 0 Å². The molecule has 2 N–H and O–H groups in total. The van der Waals surface area contributed by atoms with Crippen LogP contribution in [0.1, 0.15) is 26.7 Å². The predicted molar refractivity (Wildman–Crippen MR) is 71.7 cm³/mol. The van der Waals surface area contributed by atoms with Crippen molar-refractivity contribution in [3.05, 3.63) is 25.3 Å². The zero-order chi connectivity index (χ0) is 11.9. The Kier molecular flexibility index (Phi) is 9.19. The van der Waals surface area contributed by atoms with Gasteiger partial charge in [0.15, 0.2) is 0 Å². The van der Waals surface area contributed by atoms with Crippen LogP contribution in [-0.2, 0) is 4.79 Å². The topological polar surface area (TPSA) is 46.3 Å². The summed E-state index contributed by atoms with van der Waals surface area (Å²) in [5.74, 6) is -0.0378. The quantitative estimate of drug-likeness (QED) is 0.700. The van der Waals surface area contributed by atoms with Gasteiger partial charge in [-0.05, 0) is 13.3 Å². The summed E-state index contributed by atoms with van der Waals surface area (Å²) in [5, 5.41) is 0. The Morgan fingerprint density at radius 2 is 1.81 bits per heavy atom. The second kappa shape index (κ2) is 8.36. The second-order valence-corrected chi connectivity index (χ2v) is 3.95. The van der Waals surface area contributed by atoms with E-state index in [-0.39, 0.29) is 18.3 Å². The maximum Gasteiger partial charge on any atom is 0.242 e. The van der Waals surface area contributed by atoms with Gasteiger partial charge in [-0.1, -0.05) is 25.5 Å². The van der Waals surface area contributed by atoms with Crippen LogP contribution in [0.15, 0.2) is 25.3 Å². The van der Waals surface area contributed by atoms with Gasteiger partial charge < -0.3 is 10.6 Å². The van der Waals surface area contributed by atoms with Gasteiger partial charge in [0.1, 0.15) is 0 Å². The highest BCUT2D eigenvalue weighted by atomic mass is 35.5. The number of carbonyl (C=O) groups excluding carboxylic acids is 1. The van der Waals surface area contributed by atoms with Crippen LogP contribution in [0.5, 0.6) is 0 Å². The van der Waals surface area contributed by atoms with E-state index in [2.05, 4.69) is 13.2 Å². The Hall–Kier alpha value is -0.800. The lowest BCUT2D eigenvalue weighted by atomic mass is 9.95. The molecule has 3 nitrogen and oxygen atoms in total. The van der Waals surface area contributed by atoms with Crippen molar-refractivity contribution < 1.29 is 4.79 Å². The van der Waals surface area contributed by atoms with Crippen molar-refractivity contribution in [2.24, 2.45) is 5.73 Å². The van der Waals surface area contributed by atoms with Crippen LogP contribution in [0.3, 0.4) is 0 Å². The normalized spacial score (nSPS) is 13.2. The highest BCUT2D eigenvalue weighted by molar-refractivity contribution is 5.86. The molecular weight excluding hydrogens is 224 g/mol. The third-order valence-corrected chi connectivity index (χ3v) is 2.24. The van der Waals surface area contributed by atoms with E-state index in [4.69, 9.17) is 5.73 Å². The van der Waals surface area contributed by atoms with Gasteiger partial charge in [-0.15, -0.1) is 25.6 Å². The molecule has 0 aromatic rings. The molecule has 0 bridgehead atoms. The van der Waals surface area contributed by atoms with Crippen molar-refractivity contribution in [1.82, 2.24) is 4.90 Å². The van der Waals surface area contributed by atoms with Gasteiger partial charge >= 0.3 is 0 Å². The monoisotopic (exact) mass is 246 g/mol. The van der Waals surface area contributed by atoms with Crippen molar-refractivity contribution in [1.29, 1.82) is 0 Å². The summed E-state index contributed by atoms with van der Waals surface area (Å²) in [5.41, 5.74) is 5.20. The molecule has 1 unspecified atom stereocenters. The van der Waals surface area contributed by atoms with E-state index in [1.165, 1.54) is 0 Å². The Balaban J connectivity index is 0. The highest BCUT2D eigenvalue weighted by Gasteiger charge is 2.30. The smallest absolute Gasteiger partial charge is 0.242 e.